The lowest BCUT2D eigenvalue weighted by Crippen LogP contribution is -2.49. The first-order chi connectivity index (χ1) is 17.9. The summed E-state index contributed by atoms with van der Waals surface area (Å²) in [7, 11) is 0. The third-order valence-corrected chi connectivity index (χ3v) is 7.82. The Kier molecular flexibility index (Phi) is 10.2. The molecule has 8 heteroatoms. The number of rotatable bonds is 10. The number of ether oxygens (including phenoxy) is 1. The fourth-order valence-corrected chi connectivity index (χ4v) is 5.15. The fourth-order valence-electron chi connectivity index (χ4n) is 5.15. The number of hydrogen-bond acceptors (Lipinski definition) is 4. The van der Waals surface area contributed by atoms with Gasteiger partial charge in [-0.1, -0.05) is 13.0 Å². The summed E-state index contributed by atoms with van der Waals surface area (Å²) in [5, 5.41) is 0. The van der Waals surface area contributed by atoms with E-state index in [1.54, 1.807) is 4.90 Å². The van der Waals surface area contributed by atoms with Crippen molar-refractivity contribution in [3.05, 3.63) is 64.2 Å². The third kappa shape index (κ3) is 7.29. The van der Waals surface area contributed by atoms with E-state index < -0.39 is 11.7 Å². The minimum absolute atomic E-state index is 0.176. The highest BCUT2D eigenvalue weighted by Gasteiger charge is 2.31. The topological polar surface area (TPSA) is 36.0 Å². The van der Waals surface area contributed by atoms with Crippen molar-refractivity contribution in [2.45, 2.75) is 66.2 Å². The number of piperazine rings is 1. The van der Waals surface area contributed by atoms with Crippen molar-refractivity contribution in [2.24, 2.45) is 0 Å². The lowest BCUT2D eigenvalue weighted by Gasteiger charge is -2.39. The smallest absolute Gasteiger partial charge is 0.416 e. The monoisotopic (exact) mass is 533 g/mol. The Labute approximate surface area is 225 Å². The number of carbonyl (C=O) groups excluding carboxylic acids is 1. The molecule has 1 aliphatic rings. The molecule has 1 unspecified atom stereocenters. The molecule has 5 nitrogen and oxygen atoms in total. The molecule has 0 aromatic heterocycles. The maximum atomic E-state index is 12.8. The first-order valence-electron chi connectivity index (χ1n) is 13.6. The van der Waals surface area contributed by atoms with Crippen molar-refractivity contribution in [3.8, 4) is 5.75 Å². The normalized spacial score (nSPS) is 15.8. The molecule has 1 heterocycles. The van der Waals surface area contributed by atoms with Crippen molar-refractivity contribution >= 4 is 5.91 Å². The van der Waals surface area contributed by atoms with Gasteiger partial charge in [-0.15, -0.1) is 0 Å². The van der Waals surface area contributed by atoms with Crippen LogP contribution in [0.15, 0.2) is 36.4 Å². The molecule has 1 saturated heterocycles. The van der Waals surface area contributed by atoms with Gasteiger partial charge in [0.05, 0.1) is 12.2 Å². The summed E-state index contributed by atoms with van der Waals surface area (Å²) in [5.74, 6) is 0.702. The summed E-state index contributed by atoms with van der Waals surface area (Å²) in [6.07, 6.45) is -3.42. The van der Waals surface area contributed by atoms with Crippen LogP contribution in [0.1, 0.15) is 72.8 Å². The Morgan fingerprint density at radius 3 is 2.16 bits per heavy atom. The minimum atomic E-state index is -4.41. The van der Waals surface area contributed by atoms with E-state index in [2.05, 4.69) is 63.5 Å². The van der Waals surface area contributed by atoms with Gasteiger partial charge in [-0.05, 0) is 94.6 Å². The summed E-state index contributed by atoms with van der Waals surface area (Å²) in [4.78, 5) is 19.4. The van der Waals surface area contributed by atoms with Gasteiger partial charge in [0.15, 0.2) is 0 Å². The van der Waals surface area contributed by atoms with Crippen molar-refractivity contribution in [2.75, 3.05) is 45.9 Å². The molecule has 0 bridgehead atoms. The average molecular weight is 534 g/mol. The van der Waals surface area contributed by atoms with E-state index in [1.807, 2.05) is 0 Å². The van der Waals surface area contributed by atoms with Gasteiger partial charge >= 0.3 is 6.18 Å². The molecule has 0 spiro atoms. The Morgan fingerprint density at radius 2 is 1.61 bits per heavy atom. The maximum Gasteiger partial charge on any atom is 0.416 e. The zero-order chi connectivity index (χ0) is 28.0. The Hall–Kier alpha value is -2.58. The summed E-state index contributed by atoms with van der Waals surface area (Å²) in [6, 6.07) is 9.39. The second kappa shape index (κ2) is 13.0. The van der Waals surface area contributed by atoms with Gasteiger partial charge in [-0.25, -0.2) is 0 Å². The van der Waals surface area contributed by atoms with Crippen molar-refractivity contribution in [1.29, 1.82) is 0 Å². The highest BCUT2D eigenvalue weighted by atomic mass is 19.4. The minimum Gasteiger partial charge on any atom is -0.493 e. The Balaban J connectivity index is 1.55. The summed E-state index contributed by atoms with van der Waals surface area (Å²) in [5.41, 5.74) is 3.16. The van der Waals surface area contributed by atoms with E-state index in [-0.39, 0.29) is 17.5 Å². The van der Waals surface area contributed by atoms with Crippen LogP contribution in [-0.4, -0.2) is 72.5 Å². The van der Waals surface area contributed by atoms with Crippen LogP contribution in [0.5, 0.6) is 5.75 Å². The first-order valence-corrected chi connectivity index (χ1v) is 13.6. The van der Waals surface area contributed by atoms with Crippen LogP contribution >= 0.6 is 0 Å². The number of halogens is 3. The highest BCUT2D eigenvalue weighted by Crippen LogP contribution is 2.32. The molecule has 1 aliphatic heterocycles. The van der Waals surface area contributed by atoms with E-state index in [1.165, 1.54) is 23.3 Å². The molecule has 0 N–H and O–H groups in total. The summed E-state index contributed by atoms with van der Waals surface area (Å²) in [6.45, 7) is 18.3. The molecule has 210 valence electrons. The zero-order valence-electron chi connectivity index (χ0n) is 23.6. The largest absolute Gasteiger partial charge is 0.493 e. The summed E-state index contributed by atoms with van der Waals surface area (Å²) < 4.78 is 44.6. The van der Waals surface area contributed by atoms with Crippen LogP contribution in [0.4, 0.5) is 13.2 Å². The van der Waals surface area contributed by atoms with Crippen LogP contribution in [0.2, 0.25) is 0 Å². The molecule has 1 atom stereocenters. The summed E-state index contributed by atoms with van der Waals surface area (Å²) >= 11 is 0. The van der Waals surface area contributed by atoms with Crippen LogP contribution in [0.3, 0.4) is 0 Å². The molecular weight excluding hydrogens is 491 g/mol. The lowest BCUT2D eigenvalue weighted by atomic mass is 9.96. The molecule has 1 amide bonds. The maximum absolute atomic E-state index is 12.8. The Bertz CT molecular complexity index is 1060. The quantitative estimate of drug-likeness (QED) is 0.334. The van der Waals surface area contributed by atoms with Crippen molar-refractivity contribution in [3.63, 3.8) is 0 Å². The predicted molar refractivity (Wildman–Crippen MR) is 146 cm³/mol. The second-order valence-corrected chi connectivity index (χ2v) is 10.4. The second-order valence-electron chi connectivity index (χ2n) is 10.4. The van der Waals surface area contributed by atoms with Gasteiger partial charge in [0.2, 0.25) is 0 Å². The molecule has 1 fully saturated rings. The molecule has 38 heavy (non-hydrogen) atoms. The van der Waals surface area contributed by atoms with Gasteiger partial charge in [0.1, 0.15) is 5.75 Å². The van der Waals surface area contributed by atoms with E-state index in [0.717, 1.165) is 43.0 Å². The molecule has 2 aromatic rings. The van der Waals surface area contributed by atoms with Crippen LogP contribution < -0.4 is 4.74 Å². The SMILES string of the molecule is CCN(CCCOc1ccc(C(C)N2CCN(C(=O)c3ccc(C(F)(F)F)cc3)CC2)c(C)c1C)C(C)C. The molecule has 0 aliphatic carbocycles. The van der Waals surface area contributed by atoms with Gasteiger partial charge in [-0.2, -0.15) is 13.2 Å². The molecule has 2 aromatic carbocycles. The van der Waals surface area contributed by atoms with Gasteiger partial charge < -0.3 is 14.5 Å². The number of benzene rings is 2. The molecule has 0 saturated carbocycles. The van der Waals surface area contributed by atoms with E-state index in [4.69, 9.17) is 4.74 Å². The average Bonchev–Trinajstić information content (AvgIpc) is 2.89. The van der Waals surface area contributed by atoms with Crippen LogP contribution in [0.25, 0.3) is 0 Å². The number of alkyl halides is 3. The number of nitrogens with zero attached hydrogens (tertiary/aromatic N) is 3. The Morgan fingerprint density at radius 1 is 0.974 bits per heavy atom. The number of carbonyl (C=O) groups is 1. The van der Waals surface area contributed by atoms with Gasteiger partial charge in [-0.3, -0.25) is 9.69 Å². The third-order valence-electron chi connectivity index (χ3n) is 7.82. The van der Waals surface area contributed by atoms with E-state index in [0.29, 0.717) is 38.8 Å². The predicted octanol–water partition coefficient (Wildman–Crippen LogP) is 6.34. The van der Waals surface area contributed by atoms with Crippen LogP contribution in [0, 0.1) is 13.8 Å². The standard InChI is InChI=1S/C30H42F3N3O2/c1-7-34(21(2)3)15-8-20-38-28-14-13-27(22(4)23(28)5)24(6)35-16-18-36(19-17-35)29(37)25-9-11-26(12-10-25)30(31,32)33/h9-14,21,24H,7-8,15-20H2,1-6H3. The van der Waals surface area contributed by atoms with Crippen molar-refractivity contribution < 1.29 is 22.7 Å². The zero-order valence-corrected chi connectivity index (χ0v) is 23.6. The van der Waals surface area contributed by atoms with Gasteiger partial charge in [0, 0.05) is 50.4 Å². The first kappa shape index (κ1) is 30.0. The highest BCUT2D eigenvalue weighted by molar-refractivity contribution is 5.94. The van der Waals surface area contributed by atoms with Crippen molar-refractivity contribution in [1.82, 2.24) is 14.7 Å². The lowest BCUT2D eigenvalue weighted by molar-refractivity contribution is -0.137. The fraction of sp³-hybridized carbons (Fsp3) is 0.567. The molecular formula is C30H42F3N3O2. The van der Waals surface area contributed by atoms with Gasteiger partial charge in [0.25, 0.3) is 5.91 Å². The molecule has 3 rings (SSSR count). The van der Waals surface area contributed by atoms with E-state index >= 15 is 0 Å². The van der Waals surface area contributed by atoms with E-state index in [9.17, 15) is 18.0 Å². The van der Waals surface area contributed by atoms with Crippen LogP contribution in [-0.2, 0) is 6.18 Å². The number of amides is 1. The number of hydrogen-bond donors (Lipinski definition) is 0. The molecule has 0 radical (unpaired) electrons.